The number of halogens is 1. The average Bonchev–Trinajstić information content (AvgIpc) is 2.85. The van der Waals surface area contributed by atoms with Gasteiger partial charge in [-0.25, -0.2) is 0 Å². The molecule has 0 spiro atoms. The summed E-state index contributed by atoms with van der Waals surface area (Å²) in [6, 6.07) is 7.99. The van der Waals surface area contributed by atoms with Crippen LogP contribution in [0.1, 0.15) is 44.6 Å². The van der Waals surface area contributed by atoms with Gasteiger partial charge in [0.2, 0.25) is 0 Å². The highest BCUT2D eigenvalue weighted by Gasteiger charge is 2.31. The number of anilines is 1. The molecule has 1 aromatic carbocycles. The van der Waals surface area contributed by atoms with Gasteiger partial charge in [-0.3, -0.25) is 0 Å². The molecule has 0 unspecified atom stereocenters. The van der Waals surface area contributed by atoms with Crippen molar-refractivity contribution in [1.29, 1.82) is 5.26 Å². The summed E-state index contributed by atoms with van der Waals surface area (Å²) in [6.45, 7) is 3.30. The highest BCUT2D eigenvalue weighted by Crippen LogP contribution is 2.41. The Balaban J connectivity index is 2.06. The van der Waals surface area contributed by atoms with Crippen molar-refractivity contribution in [2.75, 3.05) is 11.9 Å². The maximum Gasteiger partial charge on any atom is 0.0992 e. The summed E-state index contributed by atoms with van der Waals surface area (Å²) in [5, 5.41) is 12.5. The number of benzene rings is 1. The van der Waals surface area contributed by atoms with Crippen LogP contribution in [0.4, 0.5) is 5.69 Å². The van der Waals surface area contributed by atoms with Crippen molar-refractivity contribution in [3.05, 3.63) is 28.2 Å². The van der Waals surface area contributed by atoms with Crippen LogP contribution in [0.2, 0.25) is 0 Å². The molecular formula is C15H19BrN2. The molecule has 1 aliphatic rings. The Labute approximate surface area is 118 Å². The lowest BCUT2D eigenvalue weighted by Gasteiger charge is -2.28. The first kappa shape index (κ1) is 13.4. The van der Waals surface area contributed by atoms with Crippen LogP contribution in [0.15, 0.2) is 22.7 Å². The van der Waals surface area contributed by atoms with Crippen LogP contribution >= 0.6 is 15.9 Å². The molecule has 2 nitrogen and oxygen atoms in total. The molecule has 1 saturated carbocycles. The molecule has 96 valence electrons. The summed E-state index contributed by atoms with van der Waals surface area (Å²) in [7, 11) is 0. The molecule has 0 saturated heterocycles. The second-order valence-corrected chi connectivity index (χ2v) is 6.17. The molecule has 0 atom stereocenters. The van der Waals surface area contributed by atoms with Gasteiger partial charge in [0.15, 0.2) is 0 Å². The third kappa shape index (κ3) is 3.05. The van der Waals surface area contributed by atoms with Crippen LogP contribution in [0.3, 0.4) is 0 Å². The highest BCUT2D eigenvalue weighted by atomic mass is 79.9. The zero-order chi connectivity index (χ0) is 13.0. The van der Waals surface area contributed by atoms with Gasteiger partial charge in [0.25, 0.3) is 0 Å². The number of hydrogen-bond acceptors (Lipinski definition) is 2. The number of nitrogens with one attached hydrogen (secondary N) is 1. The van der Waals surface area contributed by atoms with Gasteiger partial charge < -0.3 is 5.32 Å². The van der Waals surface area contributed by atoms with E-state index in [0.29, 0.717) is 11.0 Å². The molecule has 18 heavy (non-hydrogen) atoms. The SMILES string of the molecule is CCC1(CNc2cc(Br)cc(C#N)c2)CCCC1. The second kappa shape index (κ2) is 5.75. The number of hydrogen-bond donors (Lipinski definition) is 1. The molecule has 2 rings (SSSR count). The van der Waals surface area contributed by atoms with Gasteiger partial charge >= 0.3 is 0 Å². The zero-order valence-electron chi connectivity index (χ0n) is 10.8. The van der Waals surface area contributed by atoms with E-state index in [2.05, 4.69) is 34.2 Å². The predicted molar refractivity (Wildman–Crippen MR) is 78.5 cm³/mol. The summed E-state index contributed by atoms with van der Waals surface area (Å²) in [4.78, 5) is 0. The first-order valence-electron chi connectivity index (χ1n) is 6.62. The van der Waals surface area contributed by atoms with Gasteiger partial charge in [-0.1, -0.05) is 35.7 Å². The molecule has 0 amide bonds. The van der Waals surface area contributed by atoms with E-state index in [1.54, 1.807) is 0 Å². The van der Waals surface area contributed by atoms with E-state index in [-0.39, 0.29) is 0 Å². The lowest BCUT2D eigenvalue weighted by molar-refractivity contribution is 0.307. The Morgan fingerprint density at radius 2 is 2.06 bits per heavy atom. The molecule has 1 aliphatic carbocycles. The van der Waals surface area contributed by atoms with E-state index < -0.39 is 0 Å². The topological polar surface area (TPSA) is 35.8 Å². The first-order chi connectivity index (χ1) is 8.67. The Bertz CT molecular complexity index is 456. The molecule has 0 aliphatic heterocycles. The van der Waals surface area contributed by atoms with Crippen molar-refractivity contribution in [2.24, 2.45) is 5.41 Å². The molecule has 0 radical (unpaired) electrons. The van der Waals surface area contributed by atoms with Crippen molar-refractivity contribution in [1.82, 2.24) is 0 Å². The number of nitrogens with zero attached hydrogens (tertiary/aromatic N) is 1. The van der Waals surface area contributed by atoms with Gasteiger partial charge in [0, 0.05) is 16.7 Å². The van der Waals surface area contributed by atoms with Gasteiger partial charge in [-0.2, -0.15) is 5.26 Å². The van der Waals surface area contributed by atoms with E-state index in [0.717, 1.165) is 16.7 Å². The second-order valence-electron chi connectivity index (χ2n) is 5.25. The third-order valence-corrected chi connectivity index (χ3v) is 4.57. The summed E-state index contributed by atoms with van der Waals surface area (Å²) in [6.07, 6.45) is 6.61. The maximum atomic E-state index is 8.96. The minimum absolute atomic E-state index is 0.467. The van der Waals surface area contributed by atoms with Crippen molar-refractivity contribution in [3.8, 4) is 6.07 Å². The van der Waals surface area contributed by atoms with E-state index in [1.807, 2.05) is 18.2 Å². The third-order valence-electron chi connectivity index (χ3n) is 4.11. The minimum Gasteiger partial charge on any atom is -0.384 e. The van der Waals surface area contributed by atoms with Crippen molar-refractivity contribution < 1.29 is 0 Å². The fourth-order valence-corrected chi connectivity index (χ4v) is 3.32. The molecule has 0 heterocycles. The summed E-state index contributed by atoms with van der Waals surface area (Å²) in [5.74, 6) is 0. The molecule has 1 aromatic rings. The van der Waals surface area contributed by atoms with Crippen LogP contribution in [-0.4, -0.2) is 6.54 Å². The van der Waals surface area contributed by atoms with Crippen molar-refractivity contribution >= 4 is 21.6 Å². The van der Waals surface area contributed by atoms with Crippen LogP contribution in [0.25, 0.3) is 0 Å². The standard InChI is InChI=1S/C15H19BrN2/c1-2-15(5-3-4-6-15)11-18-14-8-12(10-17)7-13(16)9-14/h7-9,18H,2-6,11H2,1H3. The van der Waals surface area contributed by atoms with Crippen molar-refractivity contribution in [2.45, 2.75) is 39.0 Å². The van der Waals surface area contributed by atoms with Crippen LogP contribution in [0, 0.1) is 16.7 Å². The average molecular weight is 307 g/mol. The van der Waals surface area contributed by atoms with Gasteiger partial charge in [-0.15, -0.1) is 0 Å². The fraction of sp³-hybridized carbons (Fsp3) is 0.533. The van der Waals surface area contributed by atoms with E-state index >= 15 is 0 Å². The molecule has 1 fully saturated rings. The molecule has 3 heteroatoms. The van der Waals surface area contributed by atoms with Crippen molar-refractivity contribution in [3.63, 3.8) is 0 Å². The highest BCUT2D eigenvalue weighted by molar-refractivity contribution is 9.10. The van der Waals surface area contributed by atoms with Crippen LogP contribution in [-0.2, 0) is 0 Å². The lowest BCUT2D eigenvalue weighted by atomic mass is 9.83. The number of rotatable bonds is 4. The first-order valence-corrected chi connectivity index (χ1v) is 7.41. The summed E-state index contributed by atoms with van der Waals surface area (Å²) >= 11 is 3.45. The smallest absolute Gasteiger partial charge is 0.0992 e. The minimum atomic E-state index is 0.467. The predicted octanol–water partition coefficient (Wildman–Crippen LogP) is 4.70. The Morgan fingerprint density at radius 3 is 2.67 bits per heavy atom. The Hall–Kier alpha value is -1.01. The molecule has 0 bridgehead atoms. The number of nitriles is 1. The van der Waals surface area contributed by atoms with Gasteiger partial charge in [0.1, 0.15) is 0 Å². The fourth-order valence-electron chi connectivity index (χ4n) is 2.83. The van der Waals surface area contributed by atoms with Crippen LogP contribution in [0.5, 0.6) is 0 Å². The lowest BCUT2D eigenvalue weighted by Crippen LogP contribution is -2.25. The largest absolute Gasteiger partial charge is 0.384 e. The maximum absolute atomic E-state index is 8.96. The van der Waals surface area contributed by atoms with E-state index in [1.165, 1.54) is 32.1 Å². The molecular weight excluding hydrogens is 288 g/mol. The monoisotopic (exact) mass is 306 g/mol. The summed E-state index contributed by atoms with van der Waals surface area (Å²) < 4.78 is 0.959. The molecule has 1 N–H and O–H groups in total. The quantitative estimate of drug-likeness (QED) is 0.875. The molecule has 0 aromatic heterocycles. The summed E-state index contributed by atoms with van der Waals surface area (Å²) in [5.41, 5.74) is 2.21. The van der Waals surface area contributed by atoms with Crippen LogP contribution < -0.4 is 5.32 Å². The Kier molecular flexibility index (Phi) is 4.29. The Morgan fingerprint density at radius 1 is 1.33 bits per heavy atom. The normalized spacial score (nSPS) is 17.4. The zero-order valence-corrected chi connectivity index (χ0v) is 12.4. The van der Waals surface area contributed by atoms with E-state index in [4.69, 9.17) is 5.26 Å². The van der Waals surface area contributed by atoms with Gasteiger partial charge in [0.05, 0.1) is 11.6 Å². The van der Waals surface area contributed by atoms with Gasteiger partial charge in [-0.05, 0) is 42.9 Å². The van der Waals surface area contributed by atoms with E-state index in [9.17, 15) is 0 Å².